The third-order valence-corrected chi connectivity index (χ3v) is 0.954. The summed E-state index contributed by atoms with van der Waals surface area (Å²) in [5, 5.41) is 13.6. The standard InChI is InChI=1S/C7H4FN.CHNO/c8-7-3-1-2-6(4-7)5-9;2-1-3/h1-4H;2H. The fourth-order valence-corrected chi connectivity index (χ4v) is 0.558. The third kappa shape index (κ3) is 3.94. The Morgan fingerprint density at radius 3 is 2.42 bits per heavy atom. The van der Waals surface area contributed by atoms with E-state index in [1.807, 2.05) is 6.07 Å². The van der Waals surface area contributed by atoms with Crippen LogP contribution in [0.2, 0.25) is 0 Å². The number of halogens is 1. The van der Waals surface area contributed by atoms with Crippen molar-refractivity contribution in [3.63, 3.8) is 0 Å². The van der Waals surface area contributed by atoms with Crippen molar-refractivity contribution in [2.45, 2.75) is 0 Å². The van der Waals surface area contributed by atoms with Crippen molar-refractivity contribution in [1.82, 2.24) is 0 Å². The van der Waals surface area contributed by atoms with Crippen molar-refractivity contribution in [3.05, 3.63) is 35.6 Å². The first-order valence-corrected chi connectivity index (χ1v) is 2.94. The molecule has 0 spiro atoms. The van der Waals surface area contributed by atoms with E-state index >= 15 is 0 Å². The quantitative estimate of drug-likeness (QED) is 0.467. The second-order valence-corrected chi connectivity index (χ2v) is 1.72. The second-order valence-electron chi connectivity index (χ2n) is 1.72. The zero-order chi connectivity index (χ0) is 9.40. The number of nitrogens with one attached hydrogen (secondary N) is 1. The molecular weight excluding hydrogens is 159 g/mol. The van der Waals surface area contributed by atoms with Gasteiger partial charge in [0.2, 0.25) is 6.08 Å². The molecular formula is C8H5FN2O. The lowest BCUT2D eigenvalue weighted by Gasteiger charge is -1.85. The molecule has 0 aliphatic carbocycles. The van der Waals surface area contributed by atoms with Gasteiger partial charge in [0.05, 0.1) is 11.6 Å². The van der Waals surface area contributed by atoms with Gasteiger partial charge >= 0.3 is 0 Å². The molecule has 1 N–H and O–H groups in total. The summed E-state index contributed by atoms with van der Waals surface area (Å²) in [5.74, 6) is -0.367. The predicted molar refractivity (Wildman–Crippen MR) is 39.5 cm³/mol. The minimum absolute atomic E-state index is 0.356. The summed E-state index contributed by atoms with van der Waals surface area (Å²) in [6.45, 7) is 0. The highest BCUT2D eigenvalue weighted by atomic mass is 19.1. The summed E-state index contributed by atoms with van der Waals surface area (Å²) in [4.78, 5) is 8.35. The molecule has 0 amide bonds. The maximum atomic E-state index is 12.2. The number of rotatable bonds is 0. The summed E-state index contributed by atoms with van der Waals surface area (Å²) < 4.78 is 12.2. The molecule has 12 heavy (non-hydrogen) atoms. The smallest absolute Gasteiger partial charge is 0.222 e. The summed E-state index contributed by atoms with van der Waals surface area (Å²) in [6.07, 6.45) is 0.750. The van der Waals surface area contributed by atoms with Crippen molar-refractivity contribution in [3.8, 4) is 6.07 Å². The Bertz CT molecular complexity index is 324. The van der Waals surface area contributed by atoms with Crippen LogP contribution in [0.3, 0.4) is 0 Å². The van der Waals surface area contributed by atoms with Crippen molar-refractivity contribution < 1.29 is 9.18 Å². The van der Waals surface area contributed by atoms with Crippen LogP contribution in [0.1, 0.15) is 5.56 Å². The lowest BCUT2D eigenvalue weighted by Crippen LogP contribution is -1.74. The first-order valence-electron chi connectivity index (χ1n) is 2.94. The van der Waals surface area contributed by atoms with Crippen molar-refractivity contribution >= 4 is 6.08 Å². The molecule has 0 bridgehead atoms. The van der Waals surface area contributed by atoms with E-state index in [2.05, 4.69) is 0 Å². The van der Waals surface area contributed by atoms with Gasteiger partial charge in [-0.1, -0.05) is 6.07 Å². The molecule has 0 aliphatic heterocycles. The maximum Gasteiger partial charge on any atom is 0.231 e. The monoisotopic (exact) mass is 164 g/mol. The molecule has 0 saturated carbocycles. The van der Waals surface area contributed by atoms with Crippen LogP contribution in [-0.2, 0) is 4.79 Å². The van der Waals surface area contributed by atoms with E-state index in [9.17, 15) is 4.39 Å². The number of nitrogens with zero attached hydrogens (tertiary/aromatic N) is 1. The van der Waals surface area contributed by atoms with Crippen molar-refractivity contribution in [2.75, 3.05) is 0 Å². The average molecular weight is 164 g/mol. The van der Waals surface area contributed by atoms with E-state index in [0.717, 1.165) is 6.08 Å². The highest BCUT2D eigenvalue weighted by Gasteiger charge is 1.89. The molecule has 0 atom stereocenters. The maximum absolute atomic E-state index is 12.2. The SMILES string of the molecule is N#Cc1cccc(F)c1.N=C=O. The fraction of sp³-hybridized carbons (Fsp3) is 0. The van der Waals surface area contributed by atoms with Crippen LogP contribution in [0.5, 0.6) is 0 Å². The molecule has 0 aliphatic rings. The van der Waals surface area contributed by atoms with E-state index in [1.165, 1.54) is 18.2 Å². The largest absolute Gasteiger partial charge is 0.231 e. The van der Waals surface area contributed by atoms with E-state index in [0.29, 0.717) is 5.56 Å². The van der Waals surface area contributed by atoms with Crippen LogP contribution in [0, 0.1) is 22.6 Å². The van der Waals surface area contributed by atoms with E-state index < -0.39 is 0 Å². The Morgan fingerprint density at radius 1 is 1.50 bits per heavy atom. The van der Waals surface area contributed by atoms with Gasteiger partial charge in [-0.25, -0.2) is 14.6 Å². The Balaban J connectivity index is 0.000000354. The second kappa shape index (κ2) is 5.78. The van der Waals surface area contributed by atoms with Gasteiger partial charge in [-0.3, -0.25) is 0 Å². The summed E-state index contributed by atoms with van der Waals surface area (Å²) in [6, 6.07) is 7.40. The molecule has 0 radical (unpaired) electrons. The molecule has 60 valence electrons. The van der Waals surface area contributed by atoms with Crippen LogP contribution in [0.25, 0.3) is 0 Å². The Kier molecular flexibility index (Phi) is 4.83. The summed E-state index contributed by atoms with van der Waals surface area (Å²) in [5.41, 5.74) is 0.356. The number of hydrogen-bond donors (Lipinski definition) is 1. The van der Waals surface area contributed by atoms with Crippen LogP contribution in [0.4, 0.5) is 4.39 Å². The predicted octanol–water partition coefficient (Wildman–Crippen LogP) is 1.60. The van der Waals surface area contributed by atoms with Gasteiger partial charge < -0.3 is 0 Å². The van der Waals surface area contributed by atoms with E-state index in [4.69, 9.17) is 15.5 Å². The van der Waals surface area contributed by atoms with Crippen LogP contribution < -0.4 is 0 Å². The van der Waals surface area contributed by atoms with Crippen LogP contribution in [-0.4, -0.2) is 6.08 Å². The van der Waals surface area contributed by atoms with Gasteiger partial charge in [-0.15, -0.1) is 0 Å². The number of hydrogen-bond acceptors (Lipinski definition) is 3. The normalized spacial score (nSPS) is 7.00. The molecule has 1 aromatic carbocycles. The van der Waals surface area contributed by atoms with Gasteiger partial charge in [0.1, 0.15) is 5.82 Å². The molecule has 4 heteroatoms. The first-order chi connectivity index (χ1) is 5.74. The third-order valence-electron chi connectivity index (χ3n) is 0.954. The lowest BCUT2D eigenvalue weighted by atomic mass is 10.2. The molecule has 0 aromatic heterocycles. The van der Waals surface area contributed by atoms with Gasteiger partial charge in [0.15, 0.2) is 0 Å². The highest BCUT2D eigenvalue weighted by molar-refractivity contribution is 5.28. The summed E-state index contributed by atoms with van der Waals surface area (Å²) >= 11 is 0. The van der Waals surface area contributed by atoms with E-state index in [-0.39, 0.29) is 5.82 Å². The van der Waals surface area contributed by atoms with Crippen LogP contribution in [0.15, 0.2) is 24.3 Å². The molecule has 0 unspecified atom stereocenters. The Morgan fingerprint density at radius 2 is 2.08 bits per heavy atom. The Labute approximate surface area is 68.6 Å². The van der Waals surface area contributed by atoms with Gasteiger partial charge in [-0.2, -0.15) is 5.26 Å². The number of nitriles is 1. The zero-order valence-corrected chi connectivity index (χ0v) is 6.04. The zero-order valence-electron chi connectivity index (χ0n) is 6.04. The van der Waals surface area contributed by atoms with Gasteiger partial charge in [-0.05, 0) is 18.2 Å². The van der Waals surface area contributed by atoms with Crippen molar-refractivity contribution in [2.24, 2.45) is 0 Å². The Hall–Kier alpha value is -1.98. The molecule has 1 aromatic rings. The number of benzene rings is 1. The molecule has 3 nitrogen and oxygen atoms in total. The lowest BCUT2D eigenvalue weighted by molar-refractivity contribution is 0.563. The average Bonchev–Trinajstić information content (AvgIpc) is 2.06. The van der Waals surface area contributed by atoms with Crippen LogP contribution >= 0.6 is 0 Å². The number of isocyanates is 1. The first kappa shape index (κ1) is 10.0. The fourth-order valence-electron chi connectivity index (χ4n) is 0.558. The van der Waals surface area contributed by atoms with Crippen molar-refractivity contribution in [1.29, 1.82) is 10.7 Å². The minimum atomic E-state index is -0.367. The molecule has 1 rings (SSSR count). The topological polar surface area (TPSA) is 64.7 Å². The highest BCUT2D eigenvalue weighted by Crippen LogP contribution is 2.00. The minimum Gasteiger partial charge on any atom is -0.222 e. The summed E-state index contributed by atoms with van der Waals surface area (Å²) in [7, 11) is 0. The van der Waals surface area contributed by atoms with Gasteiger partial charge in [0.25, 0.3) is 0 Å². The molecule has 0 saturated heterocycles. The number of carbonyl (C=O) groups excluding carboxylic acids is 1. The molecule has 0 heterocycles. The van der Waals surface area contributed by atoms with E-state index in [1.54, 1.807) is 6.07 Å². The van der Waals surface area contributed by atoms with Gasteiger partial charge in [0, 0.05) is 0 Å². The molecule has 0 fully saturated rings.